The molecule has 0 spiro atoms. The third-order valence-electron chi connectivity index (χ3n) is 6.92. The molecule has 5 rings (SSSR count). The van der Waals surface area contributed by atoms with Gasteiger partial charge in [-0.25, -0.2) is 0 Å². The maximum atomic E-state index is 6.14. The van der Waals surface area contributed by atoms with Crippen molar-refractivity contribution in [3.8, 4) is 0 Å². The fourth-order valence-corrected chi connectivity index (χ4v) is 5.30. The number of hydrogen-bond acceptors (Lipinski definition) is 4. The average Bonchev–Trinajstić information content (AvgIpc) is 2.81. The molecular formula is C26H32Cl2N4. The largest absolute Gasteiger partial charge is 0.299 e. The lowest BCUT2D eigenvalue weighted by molar-refractivity contribution is 0.0551. The summed E-state index contributed by atoms with van der Waals surface area (Å²) in [5.41, 5.74) is 3.77. The molecule has 2 aliphatic heterocycles. The number of nitrogens with zero attached hydrogens (tertiary/aromatic N) is 4. The van der Waals surface area contributed by atoms with Gasteiger partial charge in [-0.15, -0.1) is 12.4 Å². The van der Waals surface area contributed by atoms with Gasteiger partial charge in [0, 0.05) is 61.9 Å². The summed E-state index contributed by atoms with van der Waals surface area (Å²) < 4.78 is 0. The Morgan fingerprint density at radius 2 is 1.53 bits per heavy atom. The standard InChI is InChI=1S/C26H31ClN4.ClH/c27-23-6-7-25-22(8-11-28-26(25)18-23)20-30-14-16-31(17-15-30)24-9-12-29(13-10-24)19-21-4-2-1-3-5-21;/h1-8,11,18,24H,9-10,12-17,19-20H2;1H. The first-order valence-corrected chi connectivity index (χ1v) is 11.9. The van der Waals surface area contributed by atoms with Crippen LogP contribution in [0.4, 0.5) is 0 Å². The molecule has 0 aliphatic carbocycles. The Morgan fingerprint density at radius 1 is 0.812 bits per heavy atom. The van der Waals surface area contributed by atoms with Crippen LogP contribution in [-0.2, 0) is 13.1 Å². The summed E-state index contributed by atoms with van der Waals surface area (Å²) >= 11 is 6.14. The van der Waals surface area contributed by atoms with Crippen LogP contribution in [-0.4, -0.2) is 65.0 Å². The summed E-state index contributed by atoms with van der Waals surface area (Å²) in [6.07, 6.45) is 4.50. The minimum absolute atomic E-state index is 0. The molecule has 0 atom stereocenters. The highest BCUT2D eigenvalue weighted by Gasteiger charge is 2.27. The number of pyridine rings is 1. The van der Waals surface area contributed by atoms with Crippen molar-refractivity contribution in [3.63, 3.8) is 0 Å². The van der Waals surface area contributed by atoms with Crippen molar-refractivity contribution >= 4 is 34.9 Å². The predicted molar refractivity (Wildman–Crippen MR) is 136 cm³/mol. The number of piperazine rings is 1. The van der Waals surface area contributed by atoms with Gasteiger partial charge < -0.3 is 0 Å². The van der Waals surface area contributed by atoms with E-state index in [1.807, 2.05) is 18.3 Å². The summed E-state index contributed by atoms with van der Waals surface area (Å²) in [4.78, 5) is 12.4. The Labute approximate surface area is 202 Å². The SMILES string of the molecule is Cl.Clc1ccc2c(CN3CCN(C4CCN(Cc5ccccc5)CC4)CC3)ccnc2c1. The van der Waals surface area contributed by atoms with Crippen molar-refractivity contribution in [1.82, 2.24) is 19.7 Å². The number of rotatable bonds is 5. The predicted octanol–water partition coefficient (Wildman–Crippen LogP) is 5.09. The van der Waals surface area contributed by atoms with E-state index in [1.54, 1.807) is 0 Å². The van der Waals surface area contributed by atoms with Gasteiger partial charge in [0.15, 0.2) is 0 Å². The molecular weight excluding hydrogens is 439 g/mol. The quantitative estimate of drug-likeness (QED) is 0.517. The van der Waals surface area contributed by atoms with Crippen LogP contribution < -0.4 is 0 Å². The van der Waals surface area contributed by atoms with Crippen LogP contribution in [0.15, 0.2) is 60.8 Å². The molecule has 32 heavy (non-hydrogen) atoms. The number of aromatic nitrogens is 1. The Hall–Kier alpha value is -1.69. The number of likely N-dealkylation sites (tertiary alicyclic amines) is 1. The van der Waals surface area contributed by atoms with Crippen LogP contribution in [0, 0.1) is 0 Å². The van der Waals surface area contributed by atoms with Gasteiger partial charge in [-0.2, -0.15) is 0 Å². The van der Waals surface area contributed by atoms with Crippen LogP contribution in [0.2, 0.25) is 5.02 Å². The van der Waals surface area contributed by atoms with Gasteiger partial charge in [0.25, 0.3) is 0 Å². The lowest BCUT2D eigenvalue weighted by atomic mass is 10.0. The van der Waals surface area contributed by atoms with Gasteiger partial charge in [0.05, 0.1) is 5.52 Å². The average molecular weight is 471 g/mol. The molecule has 0 amide bonds. The highest BCUT2D eigenvalue weighted by Crippen LogP contribution is 2.24. The Balaban J connectivity index is 0.00000245. The summed E-state index contributed by atoms with van der Waals surface area (Å²) in [6, 6.07) is 19.8. The molecule has 3 heterocycles. The van der Waals surface area contributed by atoms with Gasteiger partial charge >= 0.3 is 0 Å². The molecule has 2 saturated heterocycles. The lowest BCUT2D eigenvalue weighted by Gasteiger charge is -2.43. The van der Waals surface area contributed by atoms with E-state index in [9.17, 15) is 0 Å². The van der Waals surface area contributed by atoms with Crippen molar-refractivity contribution in [1.29, 1.82) is 0 Å². The van der Waals surface area contributed by atoms with Crippen LogP contribution in [0.1, 0.15) is 24.0 Å². The normalized spacial score (nSPS) is 19.2. The zero-order chi connectivity index (χ0) is 21.0. The molecule has 2 aliphatic rings. The highest BCUT2D eigenvalue weighted by atomic mass is 35.5. The zero-order valence-corrected chi connectivity index (χ0v) is 20.1. The van der Waals surface area contributed by atoms with E-state index < -0.39 is 0 Å². The van der Waals surface area contributed by atoms with Crippen LogP contribution in [0.5, 0.6) is 0 Å². The van der Waals surface area contributed by atoms with E-state index in [1.165, 1.54) is 55.5 Å². The van der Waals surface area contributed by atoms with Crippen molar-refractivity contribution in [3.05, 3.63) is 76.9 Å². The van der Waals surface area contributed by atoms with Crippen molar-refractivity contribution in [2.75, 3.05) is 39.3 Å². The number of benzene rings is 2. The highest BCUT2D eigenvalue weighted by molar-refractivity contribution is 6.31. The molecule has 6 heteroatoms. The number of hydrogen-bond donors (Lipinski definition) is 0. The van der Waals surface area contributed by atoms with E-state index in [2.05, 4.69) is 62.1 Å². The van der Waals surface area contributed by atoms with Gasteiger partial charge in [0.1, 0.15) is 0 Å². The third kappa shape index (κ3) is 5.62. The molecule has 1 aromatic heterocycles. The summed E-state index contributed by atoms with van der Waals surface area (Å²) in [7, 11) is 0. The second-order valence-corrected chi connectivity index (χ2v) is 9.37. The number of halogens is 2. The maximum absolute atomic E-state index is 6.14. The maximum Gasteiger partial charge on any atom is 0.0720 e. The monoisotopic (exact) mass is 470 g/mol. The molecule has 3 aromatic rings. The Bertz CT molecular complexity index is 997. The van der Waals surface area contributed by atoms with Crippen molar-refractivity contribution in [2.24, 2.45) is 0 Å². The van der Waals surface area contributed by atoms with Crippen LogP contribution >= 0.6 is 24.0 Å². The fourth-order valence-electron chi connectivity index (χ4n) is 5.13. The van der Waals surface area contributed by atoms with Gasteiger partial charge in [0.2, 0.25) is 0 Å². The molecule has 2 fully saturated rings. The topological polar surface area (TPSA) is 22.6 Å². The van der Waals surface area contributed by atoms with Crippen molar-refractivity contribution < 1.29 is 0 Å². The Morgan fingerprint density at radius 3 is 2.28 bits per heavy atom. The first-order chi connectivity index (χ1) is 15.2. The summed E-state index contributed by atoms with van der Waals surface area (Å²) in [5, 5.41) is 1.97. The van der Waals surface area contributed by atoms with Gasteiger partial charge in [-0.05, 0) is 55.3 Å². The van der Waals surface area contributed by atoms with Crippen LogP contribution in [0.25, 0.3) is 10.9 Å². The van der Waals surface area contributed by atoms with E-state index in [4.69, 9.17) is 11.6 Å². The first-order valence-electron chi connectivity index (χ1n) is 11.5. The molecule has 0 unspecified atom stereocenters. The van der Waals surface area contributed by atoms with E-state index in [0.29, 0.717) is 0 Å². The molecule has 170 valence electrons. The summed E-state index contributed by atoms with van der Waals surface area (Å²) in [6.45, 7) is 9.15. The number of fused-ring (bicyclic) bond motifs is 1. The van der Waals surface area contributed by atoms with Crippen LogP contribution in [0.3, 0.4) is 0 Å². The molecule has 0 bridgehead atoms. The zero-order valence-electron chi connectivity index (χ0n) is 18.5. The van der Waals surface area contributed by atoms with E-state index >= 15 is 0 Å². The molecule has 0 saturated carbocycles. The smallest absolute Gasteiger partial charge is 0.0720 e. The van der Waals surface area contributed by atoms with E-state index in [0.717, 1.165) is 42.8 Å². The molecule has 4 nitrogen and oxygen atoms in total. The van der Waals surface area contributed by atoms with E-state index in [-0.39, 0.29) is 12.4 Å². The third-order valence-corrected chi connectivity index (χ3v) is 7.15. The minimum atomic E-state index is 0. The minimum Gasteiger partial charge on any atom is -0.299 e. The second kappa shape index (κ2) is 11.0. The number of piperidine rings is 1. The van der Waals surface area contributed by atoms with Crippen molar-refractivity contribution in [2.45, 2.75) is 32.0 Å². The second-order valence-electron chi connectivity index (χ2n) is 8.94. The fraction of sp³-hybridized carbons (Fsp3) is 0.423. The summed E-state index contributed by atoms with van der Waals surface area (Å²) in [5.74, 6) is 0. The molecule has 2 aromatic carbocycles. The molecule has 0 radical (unpaired) electrons. The van der Waals surface area contributed by atoms with Gasteiger partial charge in [-0.3, -0.25) is 19.7 Å². The Kier molecular flexibility index (Phi) is 8.03. The molecule has 0 N–H and O–H groups in total. The first kappa shape index (κ1) is 23.5. The lowest BCUT2D eigenvalue weighted by Crippen LogP contribution is -2.52. The van der Waals surface area contributed by atoms with Gasteiger partial charge in [-0.1, -0.05) is 48.0 Å².